The van der Waals surface area contributed by atoms with Crippen molar-refractivity contribution in [2.24, 2.45) is 0 Å². The number of epoxide rings is 1. The maximum atomic E-state index is 5.30. The van der Waals surface area contributed by atoms with Gasteiger partial charge >= 0.3 is 0 Å². The van der Waals surface area contributed by atoms with Gasteiger partial charge < -0.3 is 4.74 Å². The van der Waals surface area contributed by atoms with Crippen LogP contribution in [0.25, 0.3) is 0 Å². The highest BCUT2D eigenvalue weighted by Gasteiger charge is 2.34. The van der Waals surface area contributed by atoms with Gasteiger partial charge in [-0.05, 0) is 19.4 Å². The molecule has 3 unspecified atom stereocenters. The quantitative estimate of drug-likeness (QED) is 0.715. The smallest absolute Gasteiger partial charge is 0.135 e. The van der Waals surface area contributed by atoms with E-state index in [0.29, 0.717) is 12.1 Å². The lowest BCUT2D eigenvalue weighted by Gasteiger charge is -2.11. The Labute approximate surface area is 78.9 Å². The highest BCUT2D eigenvalue weighted by Crippen LogP contribution is 2.22. The lowest BCUT2D eigenvalue weighted by Crippen LogP contribution is -2.22. The second-order valence-electron chi connectivity index (χ2n) is 3.56. The number of rotatable bonds is 3. The molecule has 0 aliphatic carbocycles. The van der Waals surface area contributed by atoms with Gasteiger partial charge in [0.15, 0.2) is 0 Å². The van der Waals surface area contributed by atoms with Gasteiger partial charge in [0.25, 0.3) is 0 Å². The van der Waals surface area contributed by atoms with E-state index in [2.05, 4.69) is 43.4 Å². The average molecular weight is 177 g/mol. The Hall–Kier alpha value is -0.860. The molecule has 1 N–H and O–H groups in total. The van der Waals surface area contributed by atoms with E-state index < -0.39 is 0 Å². The van der Waals surface area contributed by atoms with Crippen LogP contribution in [0.5, 0.6) is 0 Å². The molecule has 3 atom stereocenters. The monoisotopic (exact) mass is 177 g/mol. The van der Waals surface area contributed by atoms with Crippen LogP contribution in [-0.4, -0.2) is 12.3 Å². The van der Waals surface area contributed by atoms with E-state index in [1.165, 1.54) is 5.56 Å². The molecule has 0 spiro atoms. The van der Waals surface area contributed by atoms with E-state index in [0.717, 1.165) is 0 Å². The molecule has 0 bridgehead atoms. The summed E-state index contributed by atoms with van der Waals surface area (Å²) in [6.07, 6.45) is 0.640. The summed E-state index contributed by atoms with van der Waals surface area (Å²) in [5.74, 6) is 0. The van der Waals surface area contributed by atoms with Crippen LogP contribution in [-0.2, 0) is 4.74 Å². The van der Waals surface area contributed by atoms with Gasteiger partial charge in [-0.25, -0.2) is 0 Å². The molecule has 2 heteroatoms. The lowest BCUT2D eigenvalue weighted by molar-refractivity contribution is 0.335. The van der Waals surface area contributed by atoms with Crippen LogP contribution in [0.15, 0.2) is 30.3 Å². The molecule has 2 nitrogen and oxygen atoms in total. The van der Waals surface area contributed by atoms with E-state index in [4.69, 9.17) is 4.74 Å². The van der Waals surface area contributed by atoms with Crippen LogP contribution in [0, 0.1) is 0 Å². The number of hydrogen-bond acceptors (Lipinski definition) is 2. The minimum atomic E-state index is 0.259. The number of ether oxygens (including phenoxy) is 1. The molecular formula is C11H15NO. The summed E-state index contributed by atoms with van der Waals surface area (Å²) in [6.45, 7) is 4.24. The summed E-state index contributed by atoms with van der Waals surface area (Å²) >= 11 is 0. The van der Waals surface area contributed by atoms with Crippen molar-refractivity contribution in [3.05, 3.63) is 35.9 Å². The van der Waals surface area contributed by atoms with Gasteiger partial charge in [-0.2, -0.15) is 0 Å². The molecule has 13 heavy (non-hydrogen) atoms. The van der Waals surface area contributed by atoms with Gasteiger partial charge in [0, 0.05) is 6.04 Å². The highest BCUT2D eigenvalue weighted by atomic mass is 16.6. The van der Waals surface area contributed by atoms with Gasteiger partial charge in [-0.1, -0.05) is 30.3 Å². The van der Waals surface area contributed by atoms with Crippen molar-refractivity contribution < 1.29 is 4.74 Å². The molecule has 1 aliphatic rings. The minimum absolute atomic E-state index is 0.259. The molecule has 1 aromatic rings. The van der Waals surface area contributed by atoms with Crippen LogP contribution >= 0.6 is 0 Å². The first-order valence-electron chi connectivity index (χ1n) is 4.74. The number of nitrogens with one attached hydrogen (secondary N) is 1. The number of hydrogen-bond donors (Lipinski definition) is 1. The molecule has 0 amide bonds. The minimum Gasteiger partial charge on any atom is -0.354 e. The van der Waals surface area contributed by atoms with E-state index in [-0.39, 0.29) is 6.23 Å². The lowest BCUT2D eigenvalue weighted by atomic mass is 10.1. The van der Waals surface area contributed by atoms with Crippen LogP contribution in [0.4, 0.5) is 0 Å². The van der Waals surface area contributed by atoms with Gasteiger partial charge in [0.2, 0.25) is 0 Å². The molecule has 0 radical (unpaired) electrons. The van der Waals surface area contributed by atoms with Crippen LogP contribution in [0.1, 0.15) is 25.5 Å². The first kappa shape index (κ1) is 8.73. The largest absolute Gasteiger partial charge is 0.354 e. The number of benzene rings is 1. The molecule has 1 heterocycles. The van der Waals surface area contributed by atoms with Gasteiger partial charge in [0.05, 0.1) is 6.10 Å². The molecule has 1 fully saturated rings. The zero-order valence-electron chi connectivity index (χ0n) is 8.03. The molecule has 1 aliphatic heterocycles. The molecule has 70 valence electrons. The molecular weight excluding hydrogens is 162 g/mol. The Bertz CT molecular complexity index is 273. The Morgan fingerprint density at radius 2 is 1.92 bits per heavy atom. The third-order valence-electron chi connectivity index (χ3n) is 2.42. The third kappa shape index (κ3) is 2.08. The van der Waals surface area contributed by atoms with Gasteiger partial charge in [-0.3, -0.25) is 5.32 Å². The fourth-order valence-corrected chi connectivity index (χ4v) is 1.45. The Morgan fingerprint density at radius 1 is 1.31 bits per heavy atom. The standard InChI is InChI=1S/C11H15NO/c1-8(12-11-9(2)13-11)10-6-4-3-5-7-10/h3-9,11-12H,1-2H3. The SMILES string of the molecule is CC(NC1OC1C)c1ccccc1. The maximum Gasteiger partial charge on any atom is 0.135 e. The Morgan fingerprint density at radius 3 is 2.46 bits per heavy atom. The van der Waals surface area contributed by atoms with Crippen LogP contribution in [0.3, 0.4) is 0 Å². The topological polar surface area (TPSA) is 24.6 Å². The van der Waals surface area contributed by atoms with Gasteiger partial charge in [0.1, 0.15) is 6.23 Å². The third-order valence-corrected chi connectivity index (χ3v) is 2.42. The van der Waals surface area contributed by atoms with E-state index >= 15 is 0 Å². The summed E-state index contributed by atoms with van der Waals surface area (Å²) in [5.41, 5.74) is 1.31. The zero-order chi connectivity index (χ0) is 9.26. The van der Waals surface area contributed by atoms with Crippen molar-refractivity contribution >= 4 is 0 Å². The molecule has 0 saturated carbocycles. The second-order valence-corrected chi connectivity index (χ2v) is 3.56. The normalized spacial score (nSPS) is 28.5. The molecule has 2 rings (SSSR count). The van der Waals surface area contributed by atoms with Crippen molar-refractivity contribution in [3.63, 3.8) is 0 Å². The van der Waals surface area contributed by atoms with Crippen molar-refractivity contribution in [1.29, 1.82) is 0 Å². The van der Waals surface area contributed by atoms with Gasteiger partial charge in [-0.15, -0.1) is 0 Å². The van der Waals surface area contributed by atoms with Crippen LogP contribution in [0.2, 0.25) is 0 Å². The molecule has 1 saturated heterocycles. The summed E-state index contributed by atoms with van der Waals surface area (Å²) in [7, 11) is 0. The fourth-order valence-electron chi connectivity index (χ4n) is 1.45. The summed E-state index contributed by atoms with van der Waals surface area (Å²) in [5, 5.41) is 3.40. The summed E-state index contributed by atoms with van der Waals surface area (Å²) < 4.78 is 5.30. The predicted octanol–water partition coefficient (Wildman–Crippen LogP) is 2.08. The Balaban J connectivity index is 1.94. The molecule has 0 aromatic heterocycles. The maximum absolute atomic E-state index is 5.30. The summed E-state index contributed by atoms with van der Waals surface area (Å²) in [4.78, 5) is 0. The predicted molar refractivity (Wildman–Crippen MR) is 52.3 cm³/mol. The van der Waals surface area contributed by atoms with E-state index in [1.54, 1.807) is 0 Å². The molecule has 1 aromatic carbocycles. The van der Waals surface area contributed by atoms with Crippen LogP contribution < -0.4 is 5.32 Å². The second kappa shape index (κ2) is 3.48. The first-order valence-corrected chi connectivity index (χ1v) is 4.74. The fraction of sp³-hybridized carbons (Fsp3) is 0.455. The summed E-state index contributed by atoms with van der Waals surface area (Å²) in [6, 6.07) is 10.8. The first-order chi connectivity index (χ1) is 6.27. The highest BCUT2D eigenvalue weighted by molar-refractivity contribution is 5.18. The van der Waals surface area contributed by atoms with Crippen molar-refractivity contribution in [2.45, 2.75) is 32.2 Å². The van der Waals surface area contributed by atoms with E-state index in [9.17, 15) is 0 Å². The van der Waals surface area contributed by atoms with E-state index in [1.807, 2.05) is 6.07 Å². The van der Waals surface area contributed by atoms with Crippen molar-refractivity contribution in [3.8, 4) is 0 Å². The van der Waals surface area contributed by atoms with Crippen molar-refractivity contribution in [1.82, 2.24) is 5.32 Å². The Kier molecular flexibility index (Phi) is 2.34. The average Bonchev–Trinajstić information content (AvgIpc) is 2.83. The zero-order valence-corrected chi connectivity index (χ0v) is 8.03. The van der Waals surface area contributed by atoms with Crippen molar-refractivity contribution in [2.75, 3.05) is 0 Å².